The van der Waals surface area contributed by atoms with Gasteiger partial charge < -0.3 is 0 Å². The summed E-state index contributed by atoms with van der Waals surface area (Å²) in [6, 6.07) is 7.12. The third-order valence-electron chi connectivity index (χ3n) is 1.96. The summed E-state index contributed by atoms with van der Waals surface area (Å²) in [5.74, 6) is 0. The maximum atomic E-state index is 11.2. The zero-order valence-electron chi connectivity index (χ0n) is 8.78. The maximum Gasteiger partial charge on any atom is 0.225 e. The van der Waals surface area contributed by atoms with E-state index < -0.39 is 15.2 Å². The van der Waals surface area contributed by atoms with Crippen molar-refractivity contribution in [1.82, 2.24) is 4.72 Å². The second-order valence-corrected chi connectivity index (χ2v) is 6.35. The van der Waals surface area contributed by atoms with Gasteiger partial charge in [0, 0.05) is 11.1 Å². The third-order valence-corrected chi connectivity index (χ3v) is 4.10. The first-order valence-corrected chi connectivity index (χ1v) is 7.30. The Kier molecular flexibility index (Phi) is 5.05. The van der Waals surface area contributed by atoms with Gasteiger partial charge >= 0.3 is 0 Å². The van der Waals surface area contributed by atoms with E-state index in [-0.39, 0.29) is 6.04 Å². The molecular formula is C10H13Cl2NO2S. The molecule has 0 radical (unpaired) electrons. The molecule has 6 heteroatoms. The minimum atomic E-state index is -3.37. The Bertz CT molecular complexity index is 448. The average molecular weight is 282 g/mol. The lowest BCUT2D eigenvalue weighted by atomic mass is 10.1. The Morgan fingerprint density at radius 1 is 1.44 bits per heavy atom. The molecule has 1 atom stereocenters. The highest BCUT2D eigenvalue weighted by Crippen LogP contribution is 2.12. The quantitative estimate of drug-likeness (QED) is 0.843. The largest absolute Gasteiger partial charge is 0.225 e. The van der Waals surface area contributed by atoms with E-state index in [0.717, 1.165) is 5.56 Å². The normalized spacial score (nSPS) is 13.7. The highest BCUT2D eigenvalue weighted by atomic mass is 35.5. The van der Waals surface area contributed by atoms with Crippen LogP contribution in [0.15, 0.2) is 24.3 Å². The molecule has 1 aromatic rings. The lowest BCUT2D eigenvalue weighted by Gasteiger charge is -2.12. The molecule has 1 N–H and O–H groups in total. The molecule has 0 aliphatic carbocycles. The Labute approximate surface area is 106 Å². The summed E-state index contributed by atoms with van der Waals surface area (Å²) in [7, 11) is -3.37. The van der Waals surface area contributed by atoms with E-state index in [9.17, 15) is 8.42 Å². The van der Waals surface area contributed by atoms with Gasteiger partial charge in [-0.3, -0.25) is 0 Å². The number of halogens is 2. The van der Waals surface area contributed by atoms with E-state index in [0.29, 0.717) is 11.4 Å². The fourth-order valence-electron chi connectivity index (χ4n) is 1.40. The smallest absolute Gasteiger partial charge is 0.211 e. The van der Waals surface area contributed by atoms with Crippen LogP contribution in [0.1, 0.15) is 12.5 Å². The van der Waals surface area contributed by atoms with Gasteiger partial charge in [-0.2, -0.15) is 0 Å². The number of benzene rings is 1. The minimum absolute atomic E-state index is 0.206. The molecule has 0 spiro atoms. The predicted octanol–water partition coefficient (Wildman–Crippen LogP) is 2.39. The summed E-state index contributed by atoms with van der Waals surface area (Å²) in [5.41, 5.74) is 0.984. The van der Waals surface area contributed by atoms with Crippen LogP contribution in [0.4, 0.5) is 0 Å². The van der Waals surface area contributed by atoms with Gasteiger partial charge in [-0.1, -0.05) is 23.7 Å². The number of rotatable bonds is 5. The molecule has 3 nitrogen and oxygen atoms in total. The van der Waals surface area contributed by atoms with Crippen molar-refractivity contribution in [3.63, 3.8) is 0 Å². The van der Waals surface area contributed by atoms with Crippen molar-refractivity contribution in [1.29, 1.82) is 0 Å². The van der Waals surface area contributed by atoms with Crippen LogP contribution in [0.2, 0.25) is 5.02 Å². The summed E-state index contributed by atoms with van der Waals surface area (Å²) in [6.45, 7) is 1.78. The Hall–Kier alpha value is -0.290. The molecule has 0 aliphatic rings. The van der Waals surface area contributed by atoms with Crippen LogP contribution in [0.25, 0.3) is 0 Å². The van der Waals surface area contributed by atoms with E-state index in [2.05, 4.69) is 4.72 Å². The number of hydrogen-bond donors (Lipinski definition) is 1. The van der Waals surface area contributed by atoms with Crippen LogP contribution in [0, 0.1) is 0 Å². The zero-order chi connectivity index (χ0) is 12.2. The third kappa shape index (κ3) is 4.70. The first-order valence-electron chi connectivity index (χ1n) is 4.73. The van der Waals surface area contributed by atoms with Gasteiger partial charge in [-0.05, 0) is 31.0 Å². The molecule has 16 heavy (non-hydrogen) atoms. The van der Waals surface area contributed by atoms with Crippen molar-refractivity contribution in [3.8, 4) is 0 Å². The van der Waals surface area contributed by atoms with Gasteiger partial charge in [0.1, 0.15) is 5.21 Å². The van der Waals surface area contributed by atoms with Crippen LogP contribution >= 0.6 is 23.2 Å². The second kappa shape index (κ2) is 5.87. The molecule has 0 aromatic heterocycles. The number of alkyl halides is 1. The van der Waals surface area contributed by atoms with Crippen LogP contribution in [0.3, 0.4) is 0 Å². The van der Waals surface area contributed by atoms with E-state index in [1.165, 1.54) is 0 Å². The van der Waals surface area contributed by atoms with Gasteiger partial charge in [-0.25, -0.2) is 13.1 Å². The molecular weight excluding hydrogens is 269 g/mol. The number of sulfonamides is 1. The highest BCUT2D eigenvalue weighted by molar-refractivity contribution is 7.90. The van der Waals surface area contributed by atoms with Gasteiger partial charge in [0.15, 0.2) is 0 Å². The SMILES string of the molecule is CC(Cc1cccc(Cl)c1)NS(=O)(=O)CCl. The van der Waals surface area contributed by atoms with Crippen LogP contribution in [0.5, 0.6) is 0 Å². The first-order chi connectivity index (χ1) is 7.43. The molecule has 90 valence electrons. The minimum Gasteiger partial charge on any atom is -0.211 e. The highest BCUT2D eigenvalue weighted by Gasteiger charge is 2.13. The van der Waals surface area contributed by atoms with Crippen LogP contribution in [-0.4, -0.2) is 19.7 Å². The van der Waals surface area contributed by atoms with Crippen molar-refractivity contribution in [3.05, 3.63) is 34.9 Å². The number of hydrogen-bond acceptors (Lipinski definition) is 2. The molecule has 1 unspecified atom stereocenters. The lowest BCUT2D eigenvalue weighted by Crippen LogP contribution is -2.34. The Morgan fingerprint density at radius 2 is 2.12 bits per heavy atom. The topological polar surface area (TPSA) is 46.2 Å². The van der Waals surface area contributed by atoms with E-state index in [1.54, 1.807) is 13.0 Å². The molecule has 0 heterocycles. The first kappa shape index (κ1) is 13.8. The summed E-state index contributed by atoms with van der Waals surface area (Å²) in [5, 5.41) is 0.220. The fraction of sp³-hybridized carbons (Fsp3) is 0.400. The zero-order valence-corrected chi connectivity index (χ0v) is 11.1. The Balaban J connectivity index is 2.62. The van der Waals surface area contributed by atoms with Crippen molar-refractivity contribution < 1.29 is 8.42 Å². The van der Waals surface area contributed by atoms with E-state index in [4.69, 9.17) is 23.2 Å². The average Bonchev–Trinajstić information content (AvgIpc) is 2.16. The Morgan fingerprint density at radius 3 is 2.69 bits per heavy atom. The molecule has 0 fully saturated rings. The maximum absolute atomic E-state index is 11.2. The number of nitrogens with one attached hydrogen (secondary N) is 1. The summed E-state index contributed by atoms with van der Waals surface area (Å²) in [4.78, 5) is 0. The van der Waals surface area contributed by atoms with Crippen molar-refractivity contribution >= 4 is 33.2 Å². The fourth-order valence-corrected chi connectivity index (χ4v) is 2.56. The summed E-state index contributed by atoms with van der Waals surface area (Å²) in [6.07, 6.45) is 0.580. The molecule has 0 saturated heterocycles. The van der Waals surface area contributed by atoms with Crippen molar-refractivity contribution in [2.24, 2.45) is 0 Å². The molecule has 0 aliphatic heterocycles. The molecule has 1 rings (SSSR count). The monoisotopic (exact) mass is 281 g/mol. The van der Waals surface area contributed by atoms with Crippen LogP contribution in [-0.2, 0) is 16.4 Å². The predicted molar refractivity (Wildman–Crippen MR) is 67.4 cm³/mol. The van der Waals surface area contributed by atoms with Crippen molar-refractivity contribution in [2.75, 3.05) is 5.21 Å². The van der Waals surface area contributed by atoms with Crippen LogP contribution < -0.4 is 4.72 Å². The summed E-state index contributed by atoms with van der Waals surface area (Å²) < 4.78 is 24.9. The van der Waals surface area contributed by atoms with Gasteiger partial charge in [-0.15, -0.1) is 11.6 Å². The van der Waals surface area contributed by atoms with E-state index >= 15 is 0 Å². The van der Waals surface area contributed by atoms with Gasteiger partial charge in [0.05, 0.1) is 0 Å². The van der Waals surface area contributed by atoms with Crippen molar-refractivity contribution in [2.45, 2.75) is 19.4 Å². The lowest BCUT2D eigenvalue weighted by molar-refractivity contribution is 0.564. The molecule has 0 saturated carbocycles. The second-order valence-electron chi connectivity index (χ2n) is 3.58. The summed E-state index contributed by atoms with van der Waals surface area (Å²) >= 11 is 11.1. The van der Waals surface area contributed by atoms with Gasteiger partial charge in [0.25, 0.3) is 0 Å². The molecule has 0 bridgehead atoms. The van der Waals surface area contributed by atoms with E-state index in [1.807, 2.05) is 18.2 Å². The standard InChI is InChI=1S/C10H13Cl2NO2S/c1-8(13-16(14,15)7-11)5-9-3-2-4-10(12)6-9/h2-4,6,8,13H,5,7H2,1H3. The molecule has 1 aromatic carbocycles. The molecule has 0 amide bonds. The van der Waals surface area contributed by atoms with Gasteiger partial charge in [0.2, 0.25) is 10.0 Å².